The summed E-state index contributed by atoms with van der Waals surface area (Å²) in [5.41, 5.74) is 1.21. The molecule has 76 valence electrons. The minimum Gasteiger partial charge on any atom is -0.295 e. The number of hydrogen-bond acceptors (Lipinski definition) is 3. The number of aromatic nitrogens is 4. The number of H-pyrrole nitrogens is 1. The summed E-state index contributed by atoms with van der Waals surface area (Å²) in [7, 11) is 0. The van der Waals surface area contributed by atoms with Gasteiger partial charge in [-0.1, -0.05) is 12.2 Å². The molecule has 1 aliphatic rings. The van der Waals surface area contributed by atoms with Gasteiger partial charge in [-0.05, 0) is 31.0 Å². The third kappa shape index (κ3) is 1.59. The number of nitrogens with zero attached hydrogens (tertiary/aromatic N) is 3. The van der Waals surface area contributed by atoms with E-state index in [1.54, 1.807) is 10.9 Å². The molecule has 15 heavy (non-hydrogen) atoms. The first-order valence-electron chi connectivity index (χ1n) is 4.94. The van der Waals surface area contributed by atoms with Crippen LogP contribution in [0.15, 0.2) is 24.4 Å². The Kier molecular flexibility index (Phi) is 1.92. The zero-order valence-corrected chi connectivity index (χ0v) is 8.87. The average Bonchev–Trinajstić information content (AvgIpc) is 3.04. The van der Waals surface area contributed by atoms with Crippen molar-refractivity contribution in [3.05, 3.63) is 34.7 Å². The molecule has 0 atom stereocenters. The van der Waals surface area contributed by atoms with Crippen LogP contribution in [0, 0.1) is 4.64 Å². The summed E-state index contributed by atoms with van der Waals surface area (Å²) >= 11 is 5.27. The first-order chi connectivity index (χ1) is 7.34. The summed E-state index contributed by atoms with van der Waals surface area (Å²) in [6, 6.07) is 5.75. The number of hydrogen-bond donors (Lipinski definition) is 1. The van der Waals surface area contributed by atoms with Crippen LogP contribution in [0.25, 0.3) is 5.82 Å². The number of nitrogens with one attached hydrogen (secondary N) is 1. The smallest absolute Gasteiger partial charge is 0.175 e. The fourth-order valence-electron chi connectivity index (χ4n) is 1.60. The normalized spacial score (nSPS) is 15.5. The fraction of sp³-hybridized carbons (Fsp3) is 0.300. The standard InChI is InChI=1S/C10H10N4S/c15-10-6-8(7-3-4-7)13-14(10)9-2-1-5-11-12-9/h1-2,5-7,13H,3-4H2. The predicted molar refractivity (Wildman–Crippen MR) is 58.5 cm³/mol. The van der Waals surface area contributed by atoms with E-state index in [9.17, 15) is 0 Å². The molecule has 1 fully saturated rings. The van der Waals surface area contributed by atoms with Gasteiger partial charge >= 0.3 is 0 Å². The van der Waals surface area contributed by atoms with E-state index in [4.69, 9.17) is 12.2 Å². The maximum atomic E-state index is 5.27. The molecule has 5 heteroatoms. The molecule has 0 aromatic carbocycles. The zero-order chi connectivity index (χ0) is 10.3. The number of aromatic amines is 1. The van der Waals surface area contributed by atoms with Gasteiger partial charge in [0.1, 0.15) is 4.64 Å². The van der Waals surface area contributed by atoms with Crippen LogP contribution in [0.5, 0.6) is 0 Å². The van der Waals surface area contributed by atoms with Crippen LogP contribution >= 0.6 is 12.2 Å². The molecule has 0 spiro atoms. The maximum absolute atomic E-state index is 5.27. The molecule has 0 radical (unpaired) electrons. The van der Waals surface area contributed by atoms with Gasteiger partial charge in [0, 0.05) is 17.8 Å². The van der Waals surface area contributed by atoms with Crippen molar-refractivity contribution in [3.8, 4) is 5.82 Å². The van der Waals surface area contributed by atoms with Crippen LogP contribution in [0.1, 0.15) is 24.5 Å². The molecule has 0 bridgehead atoms. The van der Waals surface area contributed by atoms with Crippen LogP contribution in [0.4, 0.5) is 0 Å². The van der Waals surface area contributed by atoms with E-state index in [0.717, 1.165) is 10.5 Å². The highest BCUT2D eigenvalue weighted by Gasteiger charge is 2.25. The highest BCUT2D eigenvalue weighted by atomic mass is 32.1. The molecule has 2 heterocycles. The van der Waals surface area contributed by atoms with E-state index in [1.165, 1.54) is 18.5 Å². The van der Waals surface area contributed by atoms with Gasteiger partial charge in [-0.2, -0.15) is 5.10 Å². The van der Waals surface area contributed by atoms with Crippen LogP contribution in [0.2, 0.25) is 0 Å². The Bertz CT molecular complexity index is 524. The van der Waals surface area contributed by atoms with E-state index in [-0.39, 0.29) is 0 Å². The Labute approximate surface area is 92.0 Å². The first-order valence-corrected chi connectivity index (χ1v) is 5.35. The van der Waals surface area contributed by atoms with Gasteiger partial charge in [0.15, 0.2) is 5.82 Å². The monoisotopic (exact) mass is 218 g/mol. The van der Waals surface area contributed by atoms with Crippen molar-refractivity contribution in [2.24, 2.45) is 0 Å². The zero-order valence-electron chi connectivity index (χ0n) is 8.05. The second-order valence-electron chi connectivity index (χ2n) is 3.74. The van der Waals surface area contributed by atoms with Crippen molar-refractivity contribution in [2.45, 2.75) is 18.8 Å². The predicted octanol–water partition coefficient (Wildman–Crippen LogP) is 2.20. The molecule has 0 unspecified atom stereocenters. The lowest BCUT2D eigenvalue weighted by atomic mass is 10.3. The third-order valence-corrected chi connectivity index (χ3v) is 2.85. The molecule has 0 aliphatic heterocycles. The van der Waals surface area contributed by atoms with Crippen LogP contribution in [0.3, 0.4) is 0 Å². The lowest BCUT2D eigenvalue weighted by Crippen LogP contribution is -2.00. The Morgan fingerprint density at radius 3 is 3.00 bits per heavy atom. The molecule has 2 aromatic heterocycles. The van der Waals surface area contributed by atoms with E-state index in [2.05, 4.69) is 15.3 Å². The molecule has 4 nitrogen and oxygen atoms in total. The van der Waals surface area contributed by atoms with Crippen LogP contribution in [-0.4, -0.2) is 20.0 Å². The lowest BCUT2D eigenvalue weighted by molar-refractivity contribution is 0.782. The van der Waals surface area contributed by atoms with E-state index >= 15 is 0 Å². The molecular weight excluding hydrogens is 208 g/mol. The summed E-state index contributed by atoms with van der Waals surface area (Å²) in [5.74, 6) is 1.42. The average molecular weight is 218 g/mol. The van der Waals surface area contributed by atoms with Crippen LogP contribution in [-0.2, 0) is 0 Å². The Morgan fingerprint density at radius 2 is 2.33 bits per heavy atom. The van der Waals surface area contributed by atoms with Crippen molar-refractivity contribution in [1.82, 2.24) is 20.0 Å². The molecule has 1 saturated carbocycles. The first kappa shape index (κ1) is 8.79. The topological polar surface area (TPSA) is 46.5 Å². The Balaban J connectivity index is 2.08. The van der Waals surface area contributed by atoms with Crippen molar-refractivity contribution >= 4 is 12.2 Å². The van der Waals surface area contributed by atoms with Gasteiger partial charge in [-0.3, -0.25) is 5.10 Å². The fourth-order valence-corrected chi connectivity index (χ4v) is 1.87. The van der Waals surface area contributed by atoms with Gasteiger partial charge in [-0.25, -0.2) is 4.68 Å². The highest BCUT2D eigenvalue weighted by molar-refractivity contribution is 7.71. The van der Waals surface area contributed by atoms with Crippen molar-refractivity contribution < 1.29 is 0 Å². The van der Waals surface area contributed by atoms with Crippen molar-refractivity contribution in [3.63, 3.8) is 0 Å². The summed E-state index contributed by atoms with van der Waals surface area (Å²) in [4.78, 5) is 0. The molecule has 0 saturated heterocycles. The van der Waals surface area contributed by atoms with Crippen molar-refractivity contribution in [1.29, 1.82) is 0 Å². The molecule has 1 aliphatic carbocycles. The summed E-state index contributed by atoms with van der Waals surface area (Å²) in [6.45, 7) is 0. The van der Waals surface area contributed by atoms with Gasteiger partial charge < -0.3 is 0 Å². The molecule has 0 amide bonds. The molecule has 3 rings (SSSR count). The molecule has 1 N–H and O–H groups in total. The minimum atomic E-state index is 0.671. The van der Waals surface area contributed by atoms with Crippen LogP contribution < -0.4 is 0 Å². The van der Waals surface area contributed by atoms with E-state index in [0.29, 0.717) is 5.92 Å². The summed E-state index contributed by atoms with van der Waals surface area (Å²) < 4.78 is 2.56. The molecule has 2 aromatic rings. The van der Waals surface area contributed by atoms with Gasteiger partial charge in [0.25, 0.3) is 0 Å². The summed E-state index contributed by atoms with van der Waals surface area (Å²) in [5, 5.41) is 11.1. The highest BCUT2D eigenvalue weighted by Crippen LogP contribution is 2.39. The van der Waals surface area contributed by atoms with Gasteiger partial charge in [0.2, 0.25) is 0 Å². The second kappa shape index (κ2) is 3.27. The minimum absolute atomic E-state index is 0.671. The lowest BCUT2D eigenvalue weighted by Gasteiger charge is -1.99. The second-order valence-corrected chi connectivity index (χ2v) is 4.16. The summed E-state index contributed by atoms with van der Waals surface area (Å²) in [6.07, 6.45) is 4.17. The quantitative estimate of drug-likeness (QED) is 0.786. The van der Waals surface area contributed by atoms with Gasteiger partial charge in [0.05, 0.1) is 0 Å². The SMILES string of the molecule is S=c1cc(C2CC2)[nH]n1-c1cccnn1. The van der Waals surface area contributed by atoms with E-state index < -0.39 is 0 Å². The Hall–Kier alpha value is -1.49. The largest absolute Gasteiger partial charge is 0.295 e. The van der Waals surface area contributed by atoms with Crippen molar-refractivity contribution in [2.75, 3.05) is 0 Å². The maximum Gasteiger partial charge on any atom is 0.175 e. The Morgan fingerprint density at radius 1 is 1.47 bits per heavy atom. The molecular formula is C10H10N4S. The van der Waals surface area contributed by atoms with E-state index in [1.807, 2.05) is 18.2 Å². The van der Waals surface area contributed by atoms with Gasteiger partial charge in [-0.15, -0.1) is 5.10 Å². The number of rotatable bonds is 2. The third-order valence-electron chi connectivity index (χ3n) is 2.54.